The van der Waals surface area contributed by atoms with Gasteiger partial charge >= 0.3 is 0 Å². The highest BCUT2D eigenvalue weighted by Crippen LogP contribution is 2.18. The summed E-state index contributed by atoms with van der Waals surface area (Å²) < 4.78 is 5.46. The molecule has 0 bridgehead atoms. The fraction of sp³-hybridized carbons (Fsp3) is 0.571. The van der Waals surface area contributed by atoms with Gasteiger partial charge in [-0.3, -0.25) is 4.79 Å². The lowest BCUT2D eigenvalue weighted by Gasteiger charge is -2.37. The van der Waals surface area contributed by atoms with Crippen molar-refractivity contribution in [1.29, 1.82) is 0 Å². The number of hydrogen-bond acceptors (Lipinski definition) is 5. The van der Waals surface area contributed by atoms with Gasteiger partial charge < -0.3 is 20.1 Å². The number of rotatable bonds is 3. The third-order valence-corrected chi connectivity index (χ3v) is 3.43. The maximum atomic E-state index is 12.6. The van der Waals surface area contributed by atoms with Gasteiger partial charge in [-0.1, -0.05) is 0 Å². The molecular formula is C14H21N3O3. The number of morpholine rings is 1. The van der Waals surface area contributed by atoms with E-state index >= 15 is 0 Å². The van der Waals surface area contributed by atoms with E-state index < -0.39 is 0 Å². The normalized spacial score (nSPS) is 22.7. The summed E-state index contributed by atoms with van der Waals surface area (Å²) >= 11 is 0. The Morgan fingerprint density at radius 3 is 3.00 bits per heavy atom. The van der Waals surface area contributed by atoms with Crippen molar-refractivity contribution in [2.75, 3.05) is 32.1 Å². The molecule has 2 heterocycles. The van der Waals surface area contributed by atoms with Crippen molar-refractivity contribution in [3.8, 4) is 0 Å². The molecule has 1 amide bonds. The summed E-state index contributed by atoms with van der Waals surface area (Å²) in [6.45, 7) is 4.58. The molecule has 110 valence electrons. The van der Waals surface area contributed by atoms with Crippen molar-refractivity contribution in [2.45, 2.75) is 26.0 Å². The minimum atomic E-state index is -0.304. The van der Waals surface area contributed by atoms with Crippen LogP contribution in [0.5, 0.6) is 0 Å². The van der Waals surface area contributed by atoms with E-state index in [1.54, 1.807) is 24.1 Å². The summed E-state index contributed by atoms with van der Waals surface area (Å²) in [5.74, 6) is 0.620. The van der Waals surface area contributed by atoms with Crippen LogP contribution in [0.1, 0.15) is 23.0 Å². The zero-order chi connectivity index (χ0) is 14.7. The van der Waals surface area contributed by atoms with Gasteiger partial charge in [-0.05, 0) is 26.0 Å². The monoisotopic (exact) mass is 279 g/mol. The molecule has 2 atom stereocenters. The standard InChI is InChI=1S/C14H21N3O3/c1-9-4-11(5-13(15-3)16-9)14(19)17-6-12(7-18)20-8-10(17)2/h4-5,10,12,18H,6-8H2,1-3H3,(H,15,16). The van der Waals surface area contributed by atoms with Gasteiger partial charge in [-0.15, -0.1) is 0 Å². The number of hydrogen-bond donors (Lipinski definition) is 2. The predicted octanol–water partition coefficient (Wildman–Crippen LogP) is 0.654. The fourth-order valence-electron chi connectivity index (χ4n) is 2.30. The molecule has 0 radical (unpaired) electrons. The maximum absolute atomic E-state index is 12.6. The van der Waals surface area contributed by atoms with E-state index in [0.29, 0.717) is 24.5 Å². The highest BCUT2D eigenvalue weighted by molar-refractivity contribution is 5.95. The number of carbonyl (C=O) groups is 1. The van der Waals surface area contributed by atoms with E-state index in [0.717, 1.165) is 5.69 Å². The molecule has 0 spiro atoms. The molecule has 1 aliphatic heterocycles. The summed E-state index contributed by atoms with van der Waals surface area (Å²) in [4.78, 5) is 18.7. The molecule has 1 aromatic heterocycles. The SMILES string of the molecule is CNc1cc(C(=O)N2CC(CO)OCC2C)cc(C)n1. The van der Waals surface area contributed by atoms with Gasteiger partial charge in [0.15, 0.2) is 0 Å². The smallest absolute Gasteiger partial charge is 0.254 e. The Labute approximate surface area is 118 Å². The molecule has 1 aliphatic rings. The average molecular weight is 279 g/mol. The van der Waals surface area contributed by atoms with Crippen LogP contribution in [0.4, 0.5) is 5.82 Å². The minimum Gasteiger partial charge on any atom is -0.394 e. The second kappa shape index (κ2) is 6.19. The van der Waals surface area contributed by atoms with Crippen molar-refractivity contribution in [3.05, 3.63) is 23.4 Å². The number of ether oxygens (including phenoxy) is 1. The number of aliphatic hydroxyl groups is 1. The van der Waals surface area contributed by atoms with Crippen LogP contribution in [0.3, 0.4) is 0 Å². The third kappa shape index (κ3) is 3.08. The number of nitrogens with zero attached hydrogens (tertiary/aromatic N) is 2. The van der Waals surface area contributed by atoms with Crippen LogP contribution >= 0.6 is 0 Å². The van der Waals surface area contributed by atoms with Crippen LogP contribution in [0.25, 0.3) is 0 Å². The maximum Gasteiger partial charge on any atom is 0.254 e. The minimum absolute atomic E-state index is 0.00296. The van der Waals surface area contributed by atoms with Crippen molar-refractivity contribution < 1.29 is 14.6 Å². The lowest BCUT2D eigenvalue weighted by atomic mass is 10.1. The molecule has 6 heteroatoms. The molecule has 1 aromatic rings. The van der Waals surface area contributed by atoms with Crippen molar-refractivity contribution in [3.63, 3.8) is 0 Å². The Morgan fingerprint density at radius 2 is 2.35 bits per heavy atom. The van der Waals surface area contributed by atoms with Gasteiger partial charge in [0.25, 0.3) is 5.91 Å². The number of carbonyl (C=O) groups excluding carboxylic acids is 1. The summed E-state index contributed by atoms with van der Waals surface area (Å²) in [5, 5.41) is 12.1. The van der Waals surface area contributed by atoms with Crippen LogP contribution in [0.2, 0.25) is 0 Å². The Morgan fingerprint density at radius 1 is 1.60 bits per heavy atom. The zero-order valence-corrected chi connectivity index (χ0v) is 12.1. The molecule has 2 rings (SSSR count). The van der Waals surface area contributed by atoms with Gasteiger partial charge in [-0.2, -0.15) is 0 Å². The summed E-state index contributed by atoms with van der Waals surface area (Å²) in [6.07, 6.45) is -0.304. The Balaban J connectivity index is 2.23. The van der Waals surface area contributed by atoms with Gasteiger partial charge in [0.2, 0.25) is 0 Å². The van der Waals surface area contributed by atoms with Crippen LogP contribution in [0.15, 0.2) is 12.1 Å². The molecule has 0 aromatic carbocycles. The quantitative estimate of drug-likeness (QED) is 0.850. The molecule has 1 fully saturated rings. The van der Waals surface area contributed by atoms with Gasteiger partial charge in [0.1, 0.15) is 5.82 Å². The van der Waals surface area contributed by atoms with E-state index in [-0.39, 0.29) is 24.7 Å². The highest BCUT2D eigenvalue weighted by Gasteiger charge is 2.30. The zero-order valence-electron chi connectivity index (χ0n) is 12.1. The molecule has 2 unspecified atom stereocenters. The van der Waals surface area contributed by atoms with E-state index in [9.17, 15) is 9.90 Å². The van der Waals surface area contributed by atoms with Crippen LogP contribution < -0.4 is 5.32 Å². The molecule has 6 nitrogen and oxygen atoms in total. The predicted molar refractivity (Wildman–Crippen MR) is 75.8 cm³/mol. The largest absolute Gasteiger partial charge is 0.394 e. The topological polar surface area (TPSA) is 74.7 Å². The van der Waals surface area contributed by atoms with Crippen molar-refractivity contribution in [1.82, 2.24) is 9.88 Å². The van der Waals surface area contributed by atoms with Gasteiger partial charge in [-0.25, -0.2) is 4.98 Å². The number of anilines is 1. The van der Waals surface area contributed by atoms with E-state index in [1.807, 2.05) is 13.8 Å². The molecular weight excluding hydrogens is 258 g/mol. The van der Waals surface area contributed by atoms with Crippen molar-refractivity contribution >= 4 is 11.7 Å². The molecule has 2 N–H and O–H groups in total. The number of aromatic nitrogens is 1. The molecule has 0 saturated carbocycles. The Bertz CT molecular complexity index is 493. The Hall–Kier alpha value is -1.66. The Kier molecular flexibility index (Phi) is 4.57. The second-order valence-electron chi connectivity index (χ2n) is 5.08. The van der Waals surface area contributed by atoms with Crippen LogP contribution in [-0.2, 0) is 4.74 Å². The first-order valence-corrected chi connectivity index (χ1v) is 6.75. The average Bonchev–Trinajstić information content (AvgIpc) is 2.46. The van der Waals surface area contributed by atoms with E-state index in [4.69, 9.17) is 4.74 Å². The first kappa shape index (κ1) is 14.7. The number of amides is 1. The first-order valence-electron chi connectivity index (χ1n) is 6.75. The molecule has 20 heavy (non-hydrogen) atoms. The lowest BCUT2D eigenvalue weighted by molar-refractivity contribution is -0.0667. The van der Waals surface area contributed by atoms with Gasteiger partial charge in [0, 0.05) is 24.8 Å². The van der Waals surface area contributed by atoms with E-state index in [1.165, 1.54) is 0 Å². The first-order chi connectivity index (χ1) is 9.55. The number of nitrogens with one attached hydrogen (secondary N) is 1. The van der Waals surface area contributed by atoms with E-state index in [2.05, 4.69) is 10.3 Å². The number of aliphatic hydroxyl groups excluding tert-OH is 1. The number of pyridine rings is 1. The second-order valence-corrected chi connectivity index (χ2v) is 5.08. The van der Waals surface area contributed by atoms with Crippen LogP contribution in [0, 0.1) is 6.92 Å². The van der Waals surface area contributed by atoms with Crippen molar-refractivity contribution in [2.24, 2.45) is 0 Å². The molecule has 0 aliphatic carbocycles. The van der Waals surface area contributed by atoms with Crippen LogP contribution in [-0.4, -0.2) is 59.8 Å². The fourth-order valence-corrected chi connectivity index (χ4v) is 2.30. The number of aryl methyl sites for hydroxylation is 1. The molecule has 1 saturated heterocycles. The third-order valence-electron chi connectivity index (χ3n) is 3.43. The van der Waals surface area contributed by atoms with Gasteiger partial charge in [0.05, 0.1) is 25.4 Å². The highest BCUT2D eigenvalue weighted by atomic mass is 16.5. The summed E-state index contributed by atoms with van der Waals surface area (Å²) in [5.41, 5.74) is 1.40. The summed E-state index contributed by atoms with van der Waals surface area (Å²) in [6, 6.07) is 3.52. The summed E-state index contributed by atoms with van der Waals surface area (Å²) in [7, 11) is 1.77. The lowest BCUT2D eigenvalue weighted by Crippen LogP contribution is -2.52.